The van der Waals surface area contributed by atoms with Crippen LogP contribution in [0.5, 0.6) is 5.75 Å². The minimum absolute atomic E-state index is 0.00553. The van der Waals surface area contributed by atoms with Crippen molar-refractivity contribution in [3.63, 3.8) is 0 Å². The van der Waals surface area contributed by atoms with E-state index in [0.29, 0.717) is 16.8 Å². The van der Waals surface area contributed by atoms with Gasteiger partial charge in [-0.3, -0.25) is 9.52 Å². The first-order valence-corrected chi connectivity index (χ1v) is 11.1. The Balaban J connectivity index is 1.65. The summed E-state index contributed by atoms with van der Waals surface area (Å²) in [4.78, 5) is 12.5. The molecule has 158 valence electrons. The molecule has 0 saturated carbocycles. The lowest BCUT2D eigenvalue weighted by atomic mass is 10.1. The van der Waals surface area contributed by atoms with Crippen LogP contribution in [-0.4, -0.2) is 20.9 Å². The number of amides is 1. The summed E-state index contributed by atoms with van der Waals surface area (Å²) in [6.07, 6.45) is 0. The van der Waals surface area contributed by atoms with Gasteiger partial charge in [-0.05, 0) is 60.3 Å². The Hall–Kier alpha value is -2.98. The first-order valence-electron chi connectivity index (χ1n) is 8.76. The zero-order chi connectivity index (χ0) is 21.7. The molecule has 2 aromatic carbocycles. The van der Waals surface area contributed by atoms with E-state index in [2.05, 4.69) is 14.8 Å². The summed E-state index contributed by atoms with van der Waals surface area (Å²) in [6, 6.07) is 14.7. The van der Waals surface area contributed by atoms with Gasteiger partial charge in [0.1, 0.15) is 9.96 Å². The highest BCUT2D eigenvalue weighted by Crippen LogP contribution is 2.22. The van der Waals surface area contributed by atoms with Crippen LogP contribution in [0.15, 0.2) is 70.3 Å². The maximum atomic E-state index is 12.5. The molecule has 1 atom stereocenters. The quantitative estimate of drug-likeness (QED) is 0.521. The van der Waals surface area contributed by atoms with Crippen LogP contribution in [0.1, 0.15) is 28.9 Å². The molecule has 0 aliphatic carbocycles. The zero-order valence-corrected chi connectivity index (χ0v) is 17.3. The Morgan fingerprint density at radius 1 is 1.07 bits per heavy atom. The SMILES string of the molecule is CC(NC(=O)c1ccc(NS(=O)(=O)c2cccs2)cc1)c1cccc(OC(F)F)c1. The minimum atomic E-state index is -3.67. The molecule has 0 saturated heterocycles. The molecule has 3 aromatic rings. The summed E-state index contributed by atoms with van der Waals surface area (Å²) in [6.45, 7) is -1.22. The van der Waals surface area contributed by atoms with E-state index in [-0.39, 0.29) is 9.96 Å². The summed E-state index contributed by atoms with van der Waals surface area (Å²) in [5.41, 5.74) is 1.24. The molecule has 10 heteroatoms. The largest absolute Gasteiger partial charge is 0.435 e. The summed E-state index contributed by atoms with van der Waals surface area (Å²) in [5, 5.41) is 4.43. The van der Waals surface area contributed by atoms with Crippen molar-refractivity contribution in [3.8, 4) is 5.75 Å². The van der Waals surface area contributed by atoms with E-state index in [9.17, 15) is 22.0 Å². The zero-order valence-electron chi connectivity index (χ0n) is 15.7. The highest BCUT2D eigenvalue weighted by atomic mass is 32.2. The summed E-state index contributed by atoms with van der Waals surface area (Å²) >= 11 is 1.10. The topological polar surface area (TPSA) is 84.5 Å². The van der Waals surface area contributed by atoms with Crippen molar-refractivity contribution in [2.75, 3.05) is 4.72 Å². The highest BCUT2D eigenvalue weighted by Gasteiger charge is 2.16. The van der Waals surface area contributed by atoms with Crippen molar-refractivity contribution in [2.45, 2.75) is 23.8 Å². The number of carbonyl (C=O) groups is 1. The first kappa shape index (κ1) is 21.7. The molecule has 6 nitrogen and oxygen atoms in total. The van der Waals surface area contributed by atoms with Crippen LogP contribution in [0.2, 0.25) is 0 Å². The lowest BCUT2D eigenvalue weighted by Crippen LogP contribution is -2.26. The second-order valence-corrected chi connectivity index (χ2v) is 9.12. The third-order valence-electron chi connectivity index (χ3n) is 4.09. The van der Waals surface area contributed by atoms with Crippen molar-refractivity contribution in [1.29, 1.82) is 0 Å². The summed E-state index contributed by atoms with van der Waals surface area (Å²) in [5.74, 6) is -0.388. The van der Waals surface area contributed by atoms with Gasteiger partial charge in [0.2, 0.25) is 0 Å². The number of hydrogen-bond donors (Lipinski definition) is 2. The molecule has 1 unspecified atom stereocenters. The monoisotopic (exact) mass is 452 g/mol. The van der Waals surface area contributed by atoms with Crippen molar-refractivity contribution < 1.29 is 26.7 Å². The number of hydrogen-bond acceptors (Lipinski definition) is 5. The second-order valence-electron chi connectivity index (χ2n) is 6.26. The number of ether oxygens (including phenoxy) is 1. The van der Waals surface area contributed by atoms with Crippen LogP contribution in [0.25, 0.3) is 0 Å². The average molecular weight is 453 g/mol. The normalized spacial score (nSPS) is 12.4. The van der Waals surface area contributed by atoms with Gasteiger partial charge in [-0.1, -0.05) is 18.2 Å². The van der Waals surface area contributed by atoms with Crippen LogP contribution in [0, 0.1) is 0 Å². The number of anilines is 1. The fraction of sp³-hybridized carbons (Fsp3) is 0.150. The first-order chi connectivity index (χ1) is 14.2. The predicted molar refractivity (Wildman–Crippen MR) is 111 cm³/mol. The molecule has 0 bridgehead atoms. The van der Waals surface area contributed by atoms with Crippen LogP contribution in [0.4, 0.5) is 14.5 Å². The molecular formula is C20H18F2N2O4S2. The van der Waals surface area contributed by atoms with E-state index < -0.39 is 28.6 Å². The number of nitrogens with one attached hydrogen (secondary N) is 2. The minimum Gasteiger partial charge on any atom is -0.435 e. The number of rotatable bonds is 8. The predicted octanol–water partition coefficient (Wildman–Crippen LogP) is 4.64. The molecule has 1 amide bonds. The molecule has 1 aromatic heterocycles. The summed E-state index contributed by atoms with van der Waals surface area (Å²) < 4.78 is 56.2. The fourth-order valence-corrected chi connectivity index (χ4v) is 4.69. The fourth-order valence-electron chi connectivity index (χ4n) is 2.63. The van der Waals surface area contributed by atoms with E-state index in [4.69, 9.17) is 0 Å². The Morgan fingerprint density at radius 2 is 1.80 bits per heavy atom. The van der Waals surface area contributed by atoms with Gasteiger partial charge in [0.25, 0.3) is 15.9 Å². The smallest absolute Gasteiger partial charge is 0.387 e. The van der Waals surface area contributed by atoms with Crippen LogP contribution < -0.4 is 14.8 Å². The van der Waals surface area contributed by atoms with E-state index >= 15 is 0 Å². The van der Waals surface area contributed by atoms with Gasteiger partial charge in [0.15, 0.2) is 0 Å². The third-order valence-corrected chi connectivity index (χ3v) is 6.87. The van der Waals surface area contributed by atoms with Gasteiger partial charge < -0.3 is 10.1 Å². The van der Waals surface area contributed by atoms with Crippen molar-refractivity contribution >= 4 is 33.0 Å². The van der Waals surface area contributed by atoms with Crippen LogP contribution in [0.3, 0.4) is 0 Å². The van der Waals surface area contributed by atoms with Gasteiger partial charge in [-0.25, -0.2) is 8.42 Å². The van der Waals surface area contributed by atoms with Gasteiger partial charge in [-0.2, -0.15) is 8.78 Å². The van der Waals surface area contributed by atoms with E-state index in [0.717, 1.165) is 11.3 Å². The molecule has 0 spiro atoms. The van der Waals surface area contributed by atoms with Crippen LogP contribution in [-0.2, 0) is 10.0 Å². The standard InChI is InChI=1S/C20H18F2N2O4S2/c1-13(15-4-2-5-17(12-15)28-20(21)22)23-19(25)14-7-9-16(10-8-14)24-30(26,27)18-6-3-11-29-18/h2-13,20,24H,1H3,(H,23,25). The van der Waals surface area contributed by atoms with Gasteiger partial charge in [0, 0.05) is 11.3 Å². The molecule has 0 aliphatic rings. The molecule has 0 radical (unpaired) electrons. The van der Waals surface area contributed by atoms with Gasteiger partial charge >= 0.3 is 6.61 Å². The lowest BCUT2D eigenvalue weighted by Gasteiger charge is -2.16. The number of thiophene rings is 1. The number of sulfonamides is 1. The molecular weight excluding hydrogens is 434 g/mol. The molecule has 2 N–H and O–H groups in total. The van der Waals surface area contributed by atoms with Gasteiger partial charge in [0.05, 0.1) is 6.04 Å². The lowest BCUT2D eigenvalue weighted by molar-refractivity contribution is -0.0499. The Labute approximate surface area is 176 Å². The van der Waals surface area contributed by atoms with Crippen LogP contribution >= 0.6 is 11.3 Å². The Morgan fingerprint density at radius 3 is 2.43 bits per heavy atom. The van der Waals surface area contributed by atoms with E-state index in [1.807, 2.05) is 0 Å². The number of carbonyl (C=O) groups excluding carboxylic acids is 1. The van der Waals surface area contributed by atoms with Crippen molar-refractivity contribution in [3.05, 3.63) is 77.2 Å². The van der Waals surface area contributed by atoms with Crippen molar-refractivity contribution in [1.82, 2.24) is 5.32 Å². The molecule has 3 rings (SSSR count). The van der Waals surface area contributed by atoms with Crippen molar-refractivity contribution in [2.24, 2.45) is 0 Å². The average Bonchev–Trinajstić information content (AvgIpc) is 3.24. The van der Waals surface area contributed by atoms with E-state index in [1.54, 1.807) is 30.5 Å². The number of benzene rings is 2. The Kier molecular flexibility index (Phi) is 6.68. The summed E-state index contributed by atoms with van der Waals surface area (Å²) in [7, 11) is -3.67. The molecule has 1 heterocycles. The molecule has 30 heavy (non-hydrogen) atoms. The third kappa shape index (κ3) is 5.55. The molecule has 0 aliphatic heterocycles. The number of alkyl halides is 2. The maximum absolute atomic E-state index is 12.5. The van der Waals surface area contributed by atoms with E-state index in [1.165, 1.54) is 42.5 Å². The number of halogens is 2. The second kappa shape index (κ2) is 9.23. The maximum Gasteiger partial charge on any atom is 0.387 e. The Bertz CT molecular complexity index is 1100. The highest BCUT2D eigenvalue weighted by molar-refractivity contribution is 7.94. The molecule has 0 fully saturated rings. The van der Waals surface area contributed by atoms with Gasteiger partial charge in [-0.15, -0.1) is 11.3 Å².